The summed E-state index contributed by atoms with van der Waals surface area (Å²) in [5, 5.41) is 2.18. The Bertz CT molecular complexity index is 2070. The Hall–Kier alpha value is -4.97. The van der Waals surface area contributed by atoms with Crippen molar-refractivity contribution in [2.75, 3.05) is 0 Å². The second kappa shape index (κ2) is 11.9. The van der Waals surface area contributed by atoms with Crippen molar-refractivity contribution < 1.29 is 24.5 Å². The van der Waals surface area contributed by atoms with Gasteiger partial charge in [-0.15, -0.1) is 53.6 Å². The molecule has 8 aromatic rings. The number of fused-ring (bicyclic) bond motifs is 4. The third-order valence-corrected chi connectivity index (χ3v) is 6.87. The van der Waals surface area contributed by atoms with Crippen molar-refractivity contribution in [2.24, 2.45) is 0 Å². The van der Waals surface area contributed by atoms with Gasteiger partial charge in [0.15, 0.2) is 5.65 Å². The zero-order chi connectivity index (χ0) is 27.6. The molecule has 0 amide bonds. The first-order valence-corrected chi connectivity index (χ1v) is 13.2. The average molecular weight is 722 g/mol. The molecule has 0 N–H and O–H groups in total. The molecule has 8 rings (SSSR count). The topological polar surface area (TPSA) is 69.6 Å². The number of hydrogen-bond acceptors (Lipinski definition) is 5. The maximum atomic E-state index is 6.29. The monoisotopic (exact) mass is 722 g/mol. The fraction of sp³-hybridized carbons (Fsp3) is 0.0286. The van der Waals surface area contributed by atoms with Gasteiger partial charge in [0, 0.05) is 37.4 Å². The molecule has 1 radical (unpaired) electrons. The Labute approximate surface area is 256 Å². The SMILES string of the molecule is Cc1c[c-]c(-c2nc3ncncc3n2-c2ccccc2)c2oc3ccccc3c12.[Ir].[c-]1ccccc1-c1ccccn1. The number of aryl methyl sites for hydroxylation is 1. The molecule has 0 spiro atoms. The van der Waals surface area contributed by atoms with Gasteiger partial charge in [0.2, 0.25) is 0 Å². The van der Waals surface area contributed by atoms with Crippen LogP contribution in [0.15, 0.2) is 126 Å². The Kier molecular flexibility index (Phi) is 7.69. The summed E-state index contributed by atoms with van der Waals surface area (Å²) in [5.74, 6) is 0.732. The minimum absolute atomic E-state index is 0. The van der Waals surface area contributed by atoms with Crippen LogP contribution in [0.3, 0.4) is 0 Å². The smallest absolute Gasteiger partial charge is 0.171 e. The molecule has 7 heteroatoms. The number of rotatable bonds is 3. The average Bonchev–Trinajstić information content (AvgIpc) is 3.63. The van der Waals surface area contributed by atoms with E-state index in [-0.39, 0.29) is 20.1 Å². The zero-order valence-corrected chi connectivity index (χ0v) is 24.9. The van der Waals surface area contributed by atoms with Gasteiger partial charge >= 0.3 is 0 Å². The maximum Gasteiger partial charge on any atom is 0.171 e. The third kappa shape index (κ3) is 5.00. The van der Waals surface area contributed by atoms with Crippen molar-refractivity contribution in [1.29, 1.82) is 0 Å². The van der Waals surface area contributed by atoms with Gasteiger partial charge in [-0.2, -0.15) is 0 Å². The van der Waals surface area contributed by atoms with Crippen LogP contribution in [-0.4, -0.2) is 24.5 Å². The van der Waals surface area contributed by atoms with E-state index < -0.39 is 0 Å². The van der Waals surface area contributed by atoms with E-state index in [2.05, 4.69) is 44.6 Å². The summed E-state index contributed by atoms with van der Waals surface area (Å²) in [6, 6.07) is 40.4. The molecule has 4 heterocycles. The summed E-state index contributed by atoms with van der Waals surface area (Å²) in [7, 11) is 0. The molecule has 0 aliphatic carbocycles. The van der Waals surface area contributed by atoms with Crippen LogP contribution in [0.1, 0.15) is 5.56 Å². The Balaban J connectivity index is 0.000000205. The number of para-hydroxylation sites is 2. The molecule has 0 atom stereocenters. The second-order valence-electron chi connectivity index (χ2n) is 9.48. The molecule has 4 aromatic carbocycles. The van der Waals surface area contributed by atoms with Crippen LogP contribution in [-0.2, 0) is 20.1 Å². The van der Waals surface area contributed by atoms with E-state index in [1.807, 2.05) is 97.1 Å². The van der Waals surface area contributed by atoms with Crippen molar-refractivity contribution in [3.8, 4) is 28.3 Å². The number of benzene rings is 4. The molecule has 0 aliphatic heterocycles. The van der Waals surface area contributed by atoms with Crippen molar-refractivity contribution in [3.63, 3.8) is 0 Å². The first-order chi connectivity index (χ1) is 20.3. The summed E-state index contributed by atoms with van der Waals surface area (Å²) < 4.78 is 8.34. The fourth-order valence-electron chi connectivity index (χ4n) is 5.00. The number of imidazole rings is 1. The third-order valence-electron chi connectivity index (χ3n) is 6.87. The first-order valence-electron chi connectivity index (χ1n) is 13.2. The Morgan fingerprint density at radius 2 is 1.62 bits per heavy atom. The van der Waals surface area contributed by atoms with Gasteiger partial charge in [-0.05, 0) is 30.0 Å². The van der Waals surface area contributed by atoms with Crippen LogP contribution in [0.5, 0.6) is 0 Å². The van der Waals surface area contributed by atoms with Crippen LogP contribution < -0.4 is 0 Å². The van der Waals surface area contributed by atoms with Crippen molar-refractivity contribution in [1.82, 2.24) is 24.5 Å². The maximum absolute atomic E-state index is 6.29. The molecule has 4 aromatic heterocycles. The van der Waals surface area contributed by atoms with E-state index in [1.54, 1.807) is 12.4 Å². The normalized spacial score (nSPS) is 10.8. The van der Waals surface area contributed by atoms with E-state index in [1.165, 1.54) is 6.33 Å². The largest absolute Gasteiger partial charge is 0.501 e. The van der Waals surface area contributed by atoms with Gasteiger partial charge < -0.3 is 14.0 Å². The molecular formula is C35H23IrN5O-2. The fourth-order valence-corrected chi connectivity index (χ4v) is 5.00. The Morgan fingerprint density at radius 3 is 2.43 bits per heavy atom. The number of nitrogens with zero attached hydrogens (tertiary/aromatic N) is 5. The molecular weight excluding hydrogens is 699 g/mol. The number of pyridine rings is 1. The summed E-state index contributed by atoms with van der Waals surface area (Å²) in [6.07, 6.45) is 5.09. The van der Waals surface area contributed by atoms with Crippen molar-refractivity contribution >= 4 is 33.1 Å². The van der Waals surface area contributed by atoms with E-state index in [0.29, 0.717) is 5.65 Å². The molecule has 0 bridgehead atoms. The number of aromatic nitrogens is 5. The van der Waals surface area contributed by atoms with Crippen LogP contribution in [0.25, 0.3) is 61.4 Å². The minimum atomic E-state index is 0. The van der Waals surface area contributed by atoms with Gasteiger partial charge in [-0.3, -0.25) is 4.98 Å². The summed E-state index contributed by atoms with van der Waals surface area (Å²) in [6.45, 7) is 2.08. The molecule has 0 saturated heterocycles. The van der Waals surface area contributed by atoms with Crippen LogP contribution in [0.4, 0.5) is 0 Å². The van der Waals surface area contributed by atoms with E-state index in [0.717, 1.165) is 61.4 Å². The predicted molar refractivity (Wildman–Crippen MR) is 161 cm³/mol. The molecule has 0 saturated carbocycles. The van der Waals surface area contributed by atoms with Gasteiger partial charge in [0.05, 0.1) is 17.6 Å². The quantitative estimate of drug-likeness (QED) is 0.173. The van der Waals surface area contributed by atoms with E-state index in [4.69, 9.17) is 9.40 Å². The van der Waals surface area contributed by atoms with Gasteiger partial charge in [0.1, 0.15) is 17.4 Å². The zero-order valence-electron chi connectivity index (χ0n) is 22.5. The van der Waals surface area contributed by atoms with Crippen LogP contribution >= 0.6 is 0 Å². The second-order valence-corrected chi connectivity index (χ2v) is 9.48. The first kappa shape index (κ1) is 27.2. The molecule has 205 valence electrons. The van der Waals surface area contributed by atoms with E-state index >= 15 is 0 Å². The molecule has 0 unspecified atom stereocenters. The summed E-state index contributed by atoms with van der Waals surface area (Å²) >= 11 is 0. The van der Waals surface area contributed by atoms with E-state index in [9.17, 15) is 0 Å². The summed E-state index contributed by atoms with van der Waals surface area (Å²) in [5.41, 5.74) is 8.04. The molecule has 0 fully saturated rings. The van der Waals surface area contributed by atoms with Crippen molar-refractivity contribution in [3.05, 3.63) is 140 Å². The Morgan fingerprint density at radius 1 is 0.810 bits per heavy atom. The minimum Gasteiger partial charge on any atom is -0.501 e. The standard InChI is InChI=1S/C24H15N4O.C11H8N.Ir/c1-15-11-12-18(22-21(15)17-9-5-6-10-20(17)29-22)24-27-23-19(13-25-14-26-23)28(24)16-7-3-2-4-8-16;1-2-6-10(7-3-1)11-8-4-5-9-12-11;/h2-11,13-14H,1H3;1-6,8-9H;/q2*-1;. The number of furan rings is 1. The predicted octanol–water partition coefficient (Wildman–Crippen LogP) is 8.04. The van der Waals surface area contributed by atoms with Gasteiger partial charge in [0.25, 0.3) is 0 Å². The van der Waals surface area contributed by atoms with Crippen molar-refractivity contribution in [2.45, 2.75) is 6.92 Å². The molecule has 42 heavy (non-hydrogen) atoms. The van der Waals surface area contributed by atoms with Gasteiger partial charge in [-0.25, -0.2) is 9.97 Å². The summed E-state index contributed by atoms with van der Waals surface area (Å²) in [4.78, 5) is 17.6. The van der Waals surface area contributed by atoms with Crippen LogP contribution in [0.2, 0.25) is 0 Å². The van der Waals surface area contributed by atoms with Crippen LogP contribution in [0, 0.1) is 19.1 Å². The molecule has 6 nitrogen and oxygen atoms in total. The number of hydrogen-bond donors (Lipinski definition) is 0. The van der Waals surface area contributed by atoms with Gasteiger partial charge in [-0.1, -0.05) is 66.4 Å². The molecule has 0 aliphatic rings.